The first kappa shape index (κ1) is 47.8. The second kappa shape index (κ2) is 33.8. The van der Waals surface area contributed by atoms with Crippen molar-refractivity contribution in [2.24, 2.45) is 35.3 Å². The van der Waals surface area contributed by atoms with Crippen LogP contribution >= 0.6 is 0 Å². The van der Waals surface area contributed by atoms with Crippen LogP contribution in [0.5, 0.6) is 0 Å². The van der Waals surface area contributed by atoms with Crippen molar-refractivity contribution in [1.82, 2.24) is 14.7 Å². The highest BCUT2D eigenvalue weighted by atomic mass is 15.3. The Morgan fingerprint density at radius 2 is 0.977 bits per heavy atom. The van der Waals surface area contributed by atoms with Crippen molar-refractivity contribution >= 4 is 0 Å². The smallest absolute Gasteiger partial charge is 0.0110 e. The molecule has 2 rings (SSSR count). The van der Waals surface area contributed by atoms with E-state index in [1.165, 1.54) is 123 Å². The van der Waals surface area contributed by atoms with Gasteiger partial charge in [-0.2, -0.15) is 0 Å². The van der Waals surface area contributed by atoms with Gasteiger partial charge in [0.2, 0.25) is 0 Å². The second-order valence-electron chi connectivity index (χ2n) is 14.5. The van der Waals surface area contributed by atoms with Crippen LogP contribution < -0.4 is 5.73 Å². The summed E-state index contributed by atoms with van der Waals surface area (Å²) in [6.45, 7) is 44.0. The Balaban J connectivity index is -0.000000578. The molecular weight excluding hydrogens is 536 g/mol. The summed E-state index contributed by atoms with van der Waals surface area (Å²) in [4.78, 5) is 7.95. The SMILES string of the molecule is C=C(N)CC(C)C.CC.CC.CC(C)CCN1CCN(CCC(C)C)CC1.CCCCCCCCN1CCC(C(C)C)CC1. The van der Waals surface area contributed by atoms with E-state index in [0.29, 0.717) is 5.92 Å². The van der Waals surface area contributed by atoms with Crippen molar-refractivity contribution in [2.45, 2.75) is 161 Å². The number of likely N-dealkylation sites (tertiary alicyclic amines) is 1. The lowest BCUT2D eigenvalue weighted by atomic mass is 9.87. The highest BCUT2D eigenvalue weighted by Crippen LogP contribution is 2.24. The molecule has 2 aliphatic rings. The maximum absolute atomic E-state index is 5.30. The number of unbranched alkanes of at least 4 members (excludes halogenated alkanes) is 5. The highest BCUT2D eigenvalue weighted by Gasteiger charge is 2.21. The third kappa shape index (κ3) is 32.8. The van der Waals surface area contributed by atoms with Gasteiger partial charge in [-0.25, -0.2) is 0 Å². The fourth-order valence-corrected chi connectivity index (χ4v) is 5.60. The highest BCUT2D eigenvalue weighted by molar-refractivity contribution is 4.86. The van der Waals surface area contributed by atoms with Crippen molar-refractivity contribution in [3.05, 3.63) is 12.3 Å². The second-order valence-corrected chi connectivity index (χ2v) is 14.5. The van der Waals surface area contributed by atoms with Crippen LogP contribution in [0, 0.1) is 29.6 Å². The van der Waals surface area contributed by atoms with Crippen LogP contribution in [-0.4, -0.2) is 73.6 Å². The number of hydrogen-bond acceptors (Lipinski definition) is 4. The van der Waals surface area contributed by atoms with Gasteiger partial charge < -0.3 is 20.4 Å². The fourth-order valence-electron chi connectivity index (χ4n) is 5.60. The fraction of sp³-hybridized carbons (Fsp3) is 0.950. The van der Waals surface area contributed by atoms with Crippen LogP contribution in [0.3, 0.4) is 0 Å². The molecule has 0 atom stereocenters. The number of piperidine rings is 1. The van der Waals surface area contributed by atoms with Crippen LogP contribution in [0.1, 0.15) is 161 Å². The predicted octanol–water partition coefficient (Wildman–Crippen LogP) is 11.0. The quantitative estimate of drug-likeness (QED) is 0.173. The zero-order valence-corrected chi connectivity index (χ0v) is 33.2. The van der Waals surface area contributed by atoms with Crippen molar-refractivity contribution in [3.63, 3.8) is 0 Å². The summed E-state index contributed by atoms with van der Waals surface area (Å²) in [5.41, 5.74) is 6.09. The van der Waals surface area contributed by atoms with Crippen LogP contribution in [0.4, 0.5) is 0 Å². The first-order valence-corrected chi connectivity index (χ1v) is 19.5. The summed E-state index contributed by atoms with van der Waals surface area (Å²) < 4.78 is 0. The molecule has 2 aliphatic heterocycles. The molecule has 0 amide bonds. The van der Waals surface area contributed by atoms with Gasteiger partial charge in [0.05, 0.1) is 0 Å². The van der Waals surface area contributed by atoms with Crippen LogP contribution in [0.2, 0.25) is 0 Å². The summed E-state index contributed by atoms with van der Waals surface area (Å²) >= 11 is 0. The van der Waals surface area contributed by atoms with Gasteiger partial charge in [0.25, 0.3) is 0 Å². The van der Waals surface area contributed by atoms with Crippen molar-refractivity contribution in [2.75, 3.05) is 58.9 Å². The van der Waals surface area contributed by atoms with E-state index in [2.05, 4.69) is 83.6 Å². The maximum atomic E-state index is 5.30. The lowest BCUT2D eigenvalue weighted by Gasteiger charge is -2.35. The molecule has 44 heavy (non-hydrogen) atoms. The standard InChI is InChI=1S/C16H33N.C14H30N2.C6H13N.2C2H6/c1-4-5-6-7-8-9-12-17-13-10-16(11-14-17)15(2)3;1-13(2)5-7-15-9-11-16(12-10-15)8-6-14(3)4;1-5(2)4-6(3)7;2*1-2/h15-16H,4-14H2,1-3H3;13-14H,5-12H2,1-4H3;5H,3-4,7H2,1-2H3;2*1-2H3. The Labute approximate surface area is 281 Å². The number of allylic oxidation sites excluding steroid dienone is 1. The third-order valence-corrected chi connectivity index (χ3v) is 8.58. The van der Waals surface area contributed by atoms with Crippen LogP contribution in [0.25, 0.3) is 0 Å². The van der Waals surface area contributed by atoms with Gasteiger partial charge in [-0.3, -0.25) is 0 Å². The van der Waals surface area contributed by atoms with Gasteiger partial charge in [0, 0.05) is 31.9 Å². The minimum atomic E-state index is 0.650. The molecule has 2 N–H and O–H groups in total. The number of piperazine rings is 1. The number of rotatable bonds is 16. The summed E-state index contributed by atoms with van der Waals surface area (Å²) in [5, 5.41) is 0. The Morgan fingerprint density at radius 1 is 0.591 bits per heavy atom. The molecule has 2 fully saturated rings. The Morgan fingerprint density at radius 3 is 1.30 bits per heavy atom. The lowest BCUT2D eigenvalue weighted by molar-refractivity contribution is 0.124. The summed E-state index contributed by atoms with van der Waals surface area (Å²) in [5.74, 6) is 4.23. The molecule has 4 nitrogen and oxygen atoms in total. The average Bonchev–Trinajstić information content (AvgIpc) is 2.99. The maximum Gasteiger partial charge on any atom is 0.0110 e. The van der Waals surface area contributed by atoms with Gasteiger partial charge in [-0.05, 0) is 101 Å². The van der Waals surface area contributed by atoms with E-state index in [1.807, 2.05) is 27.7 Å². The number of nitrogens with zero attached hydrogens (tertiary/aromatic N) is 3. The molecule has 4 heteroatoms. The Bertz CT molecular complexity index is 536. The monoisotopic (exact) mass is 625 g/mol. The molecule has 2 heterocycles. The van der Waals surface area contributed by atoms with Gasteiger partial charge in [-0.1, -0.05) is 129 Å². The summed E-state index contributed by atoms with van der Waals surface area (Å²) in [6.07, 6.45) is 15.1. The van der Waals surface area contributed by atoms with E-state index >= 15 is 0 Å². The Hall–Kier alpha value is -0.580. The normalized spacial score (nSPS) is 16.4. The molecular formula is C40H88N4. The molecule has 0 aromatic rings. The number of hydrogen-bond donors (Lipinski definition) is 1. The molecule has 0 saturated carbocycles. The minimum Gasteiger partial charge on any atom is -0.403 e. The molecule has 2 saturated heterocycles. The zero-order chi connectivity index (χ0) is 34.3. The van der Waals surface area contributed by atoms with Gasteiger partial charge in [-0.15, -0.1) is 0 Å². The topological polar surface area (TPSA) is 35.7 Å². The van der Waals surface area contributed by atoms with Crippen molar-refractivity contribution < 1.29 is 0 Å². The van der Waals surface area contributed by atoms with E-state index in [-0.39, 0.29) is 0 Å². The summed E-state index contributed by atoms with van der Waals surface area (Å²) in [7, 11) is 0. The zero-order valence-electron chi connectivity index (χ0n) is 33.2. The molecule has 0 unspecified atom stereocenters. The van der Waals surface area contributed by atoms with Crippen molar-refractivity contribution in [1.29, 1.82) is 0 Å². The Kier molecular flexibility index (Phi) is 36.7. The van der Waals surface area contributed by atoms with Crippen LogP contribution in [0.15, 0.2) is 12.3 Å². The molecule has 0 aromatic carbocycles. The molecule has 0 aromatic heterocycles. The minimum absolute atomic E-state index is 0.650. The first-order valence-electron chi connectivity index (χ1n) is 19.5. The molecule has 0 radical (unpaired) electrons. The van der Waals surface area contributed by atoms with Crippen molar-refractivity contribution in [3.8, 4) is 0 Å². The van der Waals surface area contributed by atoms with E-state index < -0.39 is 0 Å². The third-order valence-electron chi connectivity index (χ3n) is 8.58. The molecule has 0 aliphatic carbocycles. The van der Waals surface area contributed by atoms with E-state index in [4.69, 9.17) is 5.73 Å². The van der Waals surface area contributed by atoms with Gasteiger partial charge >= 0.3 is 0 Å². The first-order chi connectivity index (χ1) is 20.9. The van der Waals surface area contributed by atoms with E-state index in [1.54, 1.807) is 0 Å². The lowest BCUT2D eigenvalue weighted by Crippen LogP contribution is -2.47. The number of nitrogens with two attached hydrogens (primary N) is 1. The molecule has 0 spiro atoms. The van der Waals surface area contributed by atoms with Gasteiger partial charge in [0.15, 0.2) is 0 Å². The predicted molar refractivity (Wildman–Crippen MR) is 205 cm³/mol. The largest absolute Gasteiger partial charge is 0.403 e. The van der Waals surface area contributed by atoms with Gasteiger partial charge in [0.1, 0.15) is 0 Å². The summed E-state index contributed by atoms with van der Waals surface area (Å²) in [6, 6.07) is 0. The average molecular weight is 625 g/mol. The van der Waals surface area contributed by atoms with Crippen LogP contribution in [-0.2, 0) is 0 Å². The van der Waals surface area contributed by atoms with E-state index in [0.717, 1.165) is 35.8 Å². The molecule has 268 valence electrons. The van der Waals surface area contributed by atoms with E-state index in [9.17, 15) is 0 Å². The molecule has 0 bridgehead atoms.